The van der Waals surface area contributed by atoms with Crippen LogP contribution >= 0.6 is 0 Å². The molecule has 1 N–H and O–H groups in total. The van der Waals surface area contributed by atoms with Gasteiger partial charge in [-0.05, 0) is 42.0 Å². The predicted molar refractivity (Wildman–Crippen MR) is 111 cm³/mol. The normalized spacial score (nSPS) is 11.6. The zero-order valence-corrected chi connectivity index (χ0v) is 16.5. The topological polar surface area (TPSA) is 39.1 Å². The van der Waals surface area contributed by atoms with E-state index in [4.69, 9.17) is 4.74 Å². The minimum atomic E-state index is -2.98. The van der Waals surface area contributed by atoms with E-state index in [1.807, 2.05) is 12.1 Å². The second-order valence-corrected chi connectivity index (χ2v) is 7.05. The van der Waals surface area contributed by atoms with Gasteiger partial charge in [0.2, 0.25) is 5.95 Å². The monoisotopic (exact) mass is 411 g/mol. The molecule has 30 heavy (non-hydrogen) atoms. The van der Waals surface area contributed by atoms with E-state index >= 15 is 0 Å². The minimum absolute atomic E-state index is 0.0515. The SMILES string of the molecule is COc1ccc(Nc2nc3cc(F)ccc3n2Cc2ccccc2C(C)(F)F)cc1. The Kier molecular flexibility index (Phi) is 5.11. The molecular weight excluding hydrogens is 391 g/mol. The van der Waals surface area contributed by atoms with E-state index in [-0.39, 0.29) is 12.1 Å². The number of alkyl halides is 2. The van der Waals surface area contributed by atoms with Crippen LogP contribution in [0.25, 0.3) is 11.0 Å². The molecule has 0 radical (unpaired) electrons. The van der Waals surface area contributed by atoms with Gasteiger partial charge in [0.25, 0.3) is 5.92 Å². The van der Waals surface area contributed by atoms with Gasteiger partial charge in [-0.1, -0.05) is 24.3 Å². The summed E-state index contributed by atoms with van der Waals surface area (Å²) in [6.07, 6.45) is 0. The fraction of sp³-hybridized carbons (Fsp3) is 0.174. The highest BCUT2D eigenvalue weighted by Gasteiger charge is 2.27. The number of nitrogens with zero attached hydrogens (tertiary/aromatic N) is 2. The summed E-state index contributed by atoms with van der Waals surface area (Å²) in [7, 11) is 1.58. The summed E-state index contributed by atoms with van der Waals surface area (Å²) in [4.78, 5) is 4.49. The third-order valence-corrected chi connectivity index (χ3v) is 4.88. The fourth-order valence-electron chi connectivity index (χ4n) is 3.42. The Balaban J connectivity index is 1.79. The van der Waals surface area contributed by atoms with Gasteiger partial charge >= 0.3 is 0 Å². The molecule has 0 saturated heterocycles. The third-order valence-electron chi connectivity index (χ3n) is 4.88. The zero-order chi connectivity index (χ0) is 21.3. The average molecular weight is 411 g/mol. The maximum Gasteiger partial charge on any atom is 0.270 e. The second kappa shape index (κ2) is 7.74. The first-order chi connectivity index (χ1) is 14.3. The molecule has 0 amide bonds. The number of aromatic nitrogens is 2. The molecule has 0 aliphatic rings. The van der Waals surface area contributed by atoms with Crippen LogP contribution in [0.15, 0.2) is 66.7 Å². The van der Waals surface area contributed by atoms with Gasteiger partial charge in [-0.25, -0.2) is 18.2 Å². The molecule has 1 heterocycles. The van der Waals surface area contributed by atoms with Crippen LogP contribution in [0.4, 0.5) is 24.8 Å². The van der Waals surface area contributed by atoms with Crippen LogP contribution in [-0.4, -0.2) is 16.7 Å². The van der Waals surface area contributed by atoms with Crippen LogP contribution in [0.3, 0.4) is 0 Å². The van der Waals surface area contributed by atoms with Crippen LogP contribution in [0.2, 0.25) is 0 Å². The summed E-state index contributed by atoms with van der Waals surface area (Å²) < 4.78 is 48.9. The number of fused-ring (bicyclic) bond motifs is 1. The number of rotatable bonds is 6. The summed E-state index contributed by atoms with van der Waals surface area (Å²) >= 11 is 0. The van der Waals surface area contributed by atoms with Gasteiger partial charge in [0, 0.05) is 24.2 Å². The summed E-state index contributed by atoms with van der Waals surface area (Å²) in [6.45, 7) is 1.03. The van der Waals surface area contributed by atoms with Crippen molar-refractivity contribution in [1.82, 2.24) is 9.55 Å². The van der Waals surface area contributed by atoms with Crippen molar-refractivity contribution < 1.29 is 17.9 Å². The van der Waals surface area contributed by atoms with E-state index < -0.39 is 11.7 Å². The lowest BCUT2D eigenvalue weighted by Crippen LogP contribution is -2.13. The number of nitrogens with one attached hydrogen (secondary N) is 1. The molecule has 7 heteroatoms. The van der Waals surface area contributed by atoms with Crippen LogP contribution < -0.4 is 10.1 Å². The lowest BCUT2D eigenvalue weighted by atomic mass is 10.0. The number of benzene rings is 3. The maximum absolute atomic E-state index is 14.1. The Morgan fingerprint density at radius 3 is 2.47 bits per heavy atom. The molecule has 0 bridgehead atoms. The van der Waals surface area contributed by atoms with Gasteiger partial charge in [-0.3, -0.25) is 0 Å². The molecule has 0 unspecified atom stereocenters. The highest BCUT2D eigenvalue weighted by Crippen LogP contribution is 2.32. The third kappa shape index (κ3) is 3.96. The number of anilines is 2. The Morgan fingerprint density at radius 2 is 1.77 bits per heavy atom. The molecule has 0 aliphatic carbocycles. The smallest absolute Gasteiger partial charge is 0.270 e. The van der Waals surface area contributed by atoms with E-state index in [0.717, 1.165) is 12.6 Å². The van der Waals surface area contributed by atoms with Crippen molar-refractivity contribution in [2.45, 2.75) is 19.4 Å². The van der Waals surface area contributed by atoms with Gasteiger partial charge in [0.15, 0.2) is 0 Å². The number of ether oxygens (including phenoxy) is 1. The van der Waals surface area contributed by atoms with E-state index in [0.29, 0.717) is 28.3 Å². The lowest BCUT2D eigenvalue weighted by molar-refractivity contribution is 0.0165. The summed E-state index contributed by atoms with van der Waals surface area (Å²) in [5.41, 5.74) is 2.23. The first kappa shape index (κ1) is 19.8. The molecule has 4 aromatic rings. The number of imidazole rings is 1. The average Bonchev–Trinajstić information content (AvgIpc) is 3.04. The van der Waals surface area contributed by atoms with E-state index in [1.54, 1.807) is 48.1 Å². The molecule has 0 fully saturated rings. The number of hydrogen-bond acceptors (Lipinski definition) is 3. The molecule has 3 aromatic carbocycles. The fourth-order valence-corrected chi connectivity index (χ4v) is 3.42. The van der Waals surface area contributed by atoms with Crippen molar-refractivity contribution in [3.63, 3.8) is 0 Å². The molecular formula is C23H20F3N3O. The molecule has 0 atom stereocenters. The molecule has 0 aliphatic heterocycles. The molecule has 0 saturated carbocycles. The van der Waals surface area contributed by atoms with Crippen LogP contribution in [-0.2, 0) is 12.5 Å². The first-order valence-corrected chi connectivity index (χ1v) is 9.38. The Labute approximate surface area is 171 Å². The van der Waals surface area contributed by atoms with Crippen molar-refractivity contribution in [2.75, 3.05) is 12.4 Å². The second-order valence-electron chi connectivity index (χ2n) is 7.05. The predicted octanol–water partition coefficient (Wildman–Crippen LogP) is 6.09. The van der Waals surface area contributed by atoms with Gasteiger partial charge in [-0.15, -0.1) is 0 Å². The summed E-state index contributed by atoms with van der Waals surface area (Å²) in [5, 5.41) is 3.20. The van der Waals surface area contributed by atoms with Crippen LogP contribution in [0, 0.1) is 5.82 Å². The van der Waals surface area contributed by atoms with Gasteiger partial charge in [0.05, 0.1) is 24.7 Å². The lowest BCUT2D eigenvalue weighted by Gasteiger charge is -2.18. The molecule has 154 valence electrons. The summed E-state index contributed by atoms with van der Waals surface area (Å²) in [5.74, 6) is -2.27. The van der Waals surface area contributed by atoms with Crippen LogP contribution in [0.1, 0.15) is 18.1 Å². The molecule has 0 spiro atoms. The number of methoxy groups -OCH3 is 1. The van der Waals surface area contributed by atoms with Gasteiger partial charge < -0.3 is 14.6 Å². The summed E-state index contributed by atoms with van der Waals surface area (Å²) in [6, 6.07) is 17.9. The standard InChI is InChI=1S/C23H20F3N3O/c1-23(25,26)19-6-4-3-5-15(19)14-29-21-12-7-16(24)13-20(21)28-22(29)27-17-8-10-18(30-2)11-9-17/h3-13H,14H2,1-2H3,(H,27,28). The highest BCUT2D eigenvalue weighted by atomic mass is 19.3. The quantitative estimate of drug-likeness (QED) is 0.417. The molecule has 4 nitrogen and oxygen atoms in total. The number of hydrogen-bond donors (Lipinski definition) is 1. The molecule has 1 aromatic heterocycles. The van der Waals surface area contributed by atoms with E-state index in [9.17, 15) is 13.2 Å². The van der Waals surface area contributed by atoms with Gasteiger partial charge in [0.1, 0.15) is 11.6 Å². The Morgan fingerprint density at radius 1 is 1.03 bits per heavy atom. The Hall–Kier alpha value is -3.48. The largest absolute Gasteiger partial charge is 0.497 e. The minimum Gasteiger partial charge on any atom is -0.497 e. The number of halogens is 3. The van der Waals surface area contributed by atoms with Crippen LogP contribution in [0.5, 0.6) is 5.75 Å². The van der Waals surface area contributed by atoms with Crippen molar-refractivity contribution in [2.24, 2.45) is 0 Å². The van der Waals surface area contributed by atoms with Crippen molar-refractivity contribution >= 4 is 22.7 Å². The molecule has 4 rings (SSSR count). The Bertz CT molecular complexity index is 1180. The zero-order valence-electron chi connectivity index (χ0n) is 16.5. The van der Waals surface area contributed by atoms with Crippen molar-refractivity contribution in [3.8, 4) is 5.75 Å². The van der Waals surface area contributed by atoms with Crippen molar-refractivity contribution in [3.05, 3.63) is 83.7 Å². The van der Waals surface area contributed by atoms with Crippen molar-refractivity contribution in [1.29, 1.82) is 0 Å². The van der Waals surface area contributed by atoms with E-state index in [1.165, 1.54) is 18.2 Å². The van der Waals surface area contributed by atoms with E-state index in [2.05, 4.69) is 10.3 Å². The van der Waals surface area contributed by atoms with Gasteiger partial charge in [-0.2, -0.15) is 0 Å². The maximum atomic E-state index is 14.1. The highest BCUT2D eigenvalue weighted by molar-refractivity contribution is 5.80. The first-order valence-electron chi connectivity index (χ1n) is 9.38.